The summed E-state index contributed by atoms with van der Waals surface area (Å²) in [6.07, 6.45) is 0. The van der Waals surface area contributed by atoms with Gasteiger partial charge in [0.05, 0.1) is 8.07 Å². The van der Waals surface area contributed by atoms with E-state index in [2.05, 4.69) is 62.1 Å². The number of rotatable bonds is 5. The molecule has 0 N–H and O–H groups in total. The van der Waals surface area contributed by atoms with Crippen LogP contribution in [0, 0.1) is 14.1 Å². The summed E-state index contributed by atoms with van der Waals surface area (Å²) in [5.74, 6) is 0.116. The molecular formula is C24H24F3IO4SSi. The van der Waals surface area contributed by atoms with Gasteiger partial charge in [0.25, 0.3) is 0 Å². The van der Waals surface area contributed by atoms with E-state index < -0.39 is 23.7 Å². The zero-order chi connectivity index (χ0) is 25.7. The molecule has 182 valence electrons. The van der Waals surface area contributed by atoms with Crippen molar-refractivity contribution in [2.24, 2.45) is 0 Å². The third-order valence-corrected chi connectivity index (χ3v) is 10.5. The van der Waals surface area contributed by atoms with E-state index in [1.54, 1.807) is 0 Å². The molecule has 0 radical (unpaired) electrons. The van der Waals surface area contributed by atoms with E-state index in [1.165, 1.54) is 17.9 Å². The van der Waals surface area contributed by atoms with Gasteiger partial charge in [0, 0.05) is 17.2 Å². The van der Waals surface area contributed by atoms with Crippen LogP contribution in [0.1, 0.15) is 21.5 Å². The molecule has 0 unspecified atom stereocenters. The summed E-state index contributed by atoms with van der Waals surface area (Å²) in [6.45, 7) is 9.17. The molecule has 0 aliphatic heterocycles. The molecule has 0 atom stereocenters. The molecule has 34 heavy (non-hydrogen) atoms. The third kappa shape index (κ3) is 8.03. The lowest BCUT2D eigenvalue weighted by atomic mass is 10.0. The number of aryl methyl sites for hydroxylation is 1. The molecule has 0 bridgehead atoms. The van der Waals surface area contributed by atoms with E-state index in [1.807, 2.05) is 37.3 Å². The second-order valence-electron chi connectivity index (χ2n) is 8.43. The summed E-state index contributed by atoms with van der Waals surface area (Å²) in [4.78, 5) is 12.9. The van der Waals surface area contributed by atoms with Crippen molar-refractivity contribution in [3.8, 4) is 0 Å². The summed E-state index contributed by atoms with van der Waals surface area (Å²) < 4.78 is 61.7. The van der Waals surface area contributed by atoms with Gasteiger partial charge in [0.2, 0.25) is 0 Å². The second-order valence-corrected chi connectivity index (χ2v) is 17.8. The molecule has 3 aromatic rings. The molecule has 3 rings (SSSR count). The minimum atomic E-state index is -6.09. The number of benzene rings is 3. The molecule has 0 saturated heterocycles. The number of halogens is 4. The molecule has 0 heterocycles. The molecule has 0 fully saturated rings. The summed E-state index contributed by atoms with van der Waals surface area (Å²) in [6, 6.07) is 24.9. The maximum Gasteiger partial charge on any atom is 0.485 e. The summed E-state index contributed by atoms with van der Waals surface area (Å²) in [7, 11) is -7.55. The average molecular weight is 621 g/mol. The lowest BCUT2D eigenvalue weighted by Gasteiger charge is -2.16. The van der Waals surface area contributed by atoms with Crippen molar-refractivity contribution >= 4 is 29.2 Å². The van der Waals surface area contributed by atoms with E-state index in [9.17, 15) is 18.0 Å². The predicted octanol–water partition coefficient (Wildman–Crippen LogP) is 1.95. The topological polar surface area (TPSA) is 74.3 Å². The van der Waals surface area contributed by atoms with Crippen LogP contribution in [0.15, 0.2) is 72.8 Å². The van der Waals surface area contributed by atoms with Crippen LogP contribution < -0.4 is 26.4 Å². The molecule has 0 aliphatic rings. The zero-order valence-corrected chi connectivity index (χ0v) is 23.0. The lowest BCUT2D eigenvalue weighted by Crippen LogP contribution is -3.62. The van der Waals surface area contributed by atoms with E-state index in [-0.39, 0.29) is 27.0 Å². The van der Waals surface area contributed by atoms with Gasteiger partial charge >= 0.3 is 26.7 Å². The van der Waals surface area contributed by atoms with Crippen LogP contribution in [0.4, 0.5) is 13.2 Å². The van der Waals surface area contributed by atoms with Crippen LogP contribution in [0.2, 0.25) is 19.6 Å². The number of alkyl halides is 3. The van der Waals surface area contributed by atoms with Crippen molar-refractivity contribution in [2.75, 3.05) is 0 Å². The van der Waals surface area contributed by atoms with Gasteiger partial charge in [0.15, 0.2) is 23.0 Å². The van der Waals surface area contributed by atoms with Gasteiger partial charge in [-0.05, 0) is 24.2 Å². The van der Waals surface area contributed by atoms with E-state index in [0.717, 1.165) is 11.1 Å². The Morgan fingerprint density at radius 1 is 0.882 bits per heavy atom. The minimum absolute atomic E-state index is 0.116. The largest absolute Gasteiger partial charge is 0.741 e. The highest BCUT2D eigenvalue weighted by Gasteiger charge is 2.37. The predicted molar refractivity (Wildman–Crippen MR) is 124 cm³/mol. The van der Waals surface area contributed by atoms with Gasteiger partial charge in [-0.1, -0.05) is 79.8 Å². The molecule has 10 heteroatoms. The number of hydrogen-bond acceptors (Lipinski definition) is 4. The quantitative estimate of drug-likeness (QED) is 0.144. The van der Waals surface area contributed by atoms with Gasteiger partial charge in [0.1, 0.15) is 0 Å². The maximum atomic E-state index is 12.9. The SMILES string of the molecule is Cc1ccc(C(=O)c2ccc([Si](C)(C)C)c([I+]c3ccccc3)c2)cc1.O=S(=O)([O-])C(F)(F)F. The zero-order valence-electron chi connectivity index (χ0n) is 19.0. The average Bonchev–Trinajstić information content (AvgIpc) is 2.73. The first-order valence-electron chi connectivity index (χ1n) is 10.1. The van der Waals surface area contributed by atoms with E-state index in [4.69, 9.17) is 13.0 Å². The Morgan fingerprint density at radius 2 is 1.38 bits per heavy atom. The number of ketones is 1. The van der Waals surface area contributed by atoms with Crippen LogP contribution in [0.25, 0.3) is 0 Å². The molecule has 0 aliphatic carbocycles. The van der Waals surface area contributed by atoms with Gasteiger partial charge < -0.3 is 4.55 Å². The Labute approximate surface area is 209 Å². The Bertz CT molecular complexity index is 1240. The Hall–Kier alpha value is -2.02. The molecule has 3 aromatic carbocycles. The second kappa shape index (κ2) is 11.1. The Kier molecular flexibility index (Phi) is 9.25. The van der Waals surface area contributed by atoms with Gasteiger partial charge in [-0.15, -0.1) is 0 Å². The monoisotopic (exact) mass is 620 g/mol. The van der Waals surface area contributed by atoms with Crippen molar-refractivity contribution in [3.63, 3.8) is 0 Å². The number of carbonyl (C=O) groups is 1. The smallest absolute Gasteiger partial charge is 0.485 e. The van der Waals surface area contributed by atoms with Gasteiger partial charge in [-0.3, -0.25) is 4.79 Å². The molecule has 0 aromatic heterocycles. The molecule has 4 nitrogen and oxygen atoms in total. The molecule has 0 saturated carbocycles. The molecule has 0 spiro atoms. The fraction of sp³-hybridized carbons (Fsp3) is 0.208. The van der Waals surface area contributed by atoms with Crippen molar-refractivity contribution in [3.05, 3.63) is 96.6 Å². The third-order valence-electron chi connectivity index (χ3n) is 4.58. The van der Waals surface area contributed by atoms with Gasteiger partial charge in [-0.25, -0.2) is 8.42 Å². The fourth-order valence-corrected chi connectivity index (χ4v) is 9.33. The van der Waals surface area contributed by atoms with E-state index in [0.29, 0.717) is 0 Å². The first-order chi connectivity index (χ1) is 15.6. The molecule has 0 amide bonds. The normalized spacial score (nSPS) is 12.0. The van der Waals surface area contributed by atoms with Crippen LogP contribution in [-0.4, -0.2) is 32.3 Å². The summed E-state index contributed by atoms with van der Waals surface area (Å²) in [5.41, 5.74) is -2.90. The highest BCUT2D eigenvalue weighted by Crippen LogP contribution is 2.20. The van der Waals surface area contributed by atoms with Gasteiger partial charge in [-0.2, -0.15) is 13.2 Å². The first-order valence-corrected chi connectivity index (χ1v) is 17.1. The van der Waals surface area contributed by atoms with Crippen molar-refractivity contribution < 1.29 is 52.1 Å². The number of carbonyl (C=O) groups excluding carboxylic acids is 1. The van der Waals surface area contributed by atoms with Crippen LogP contribution in [-0.2, 0) is 10.1 Å². The highest BCUT2D eigenvalue weighted by atomic mass is 127. The lowest BCUT2D eigenvalue weighted by molar-refractivity contribution is -0.596. The van der Waals surface area contributed by atoms with E-state index >= 15 is 0 Å². The first kappa shape index (κ1) is 28.2. The summed E-state index contributed by atoms with van der Waals surface area (Å²) >= 11 is -0.294. The Morgan fingerprint density at radius 3 is 1.85 bits per heavy atom. The highest BCUT2D eigenvalue weighted by molar-refractivity contribution is 7.86. The van der Waals surface area contributed by atoms with Crippen molar-refractivity contribution in [1.82, 2.24) is 0 Å². The number of hydrogen-bond donors (Lipinski definition) is 0. The van der Waals surface area contributed by atoms with Crippen molar-refractivity contribution in [1.29, 1.82) is 0 Å². The minimum Gasteiger partial charge on any atom is -0.741 e. The maximum absolute atomic E-state index is 12.9. The van der Waals surface area contributed by atoms with Crippen LogP contribution in [0.3, 0.4) is 0 Å². The Balaban J connectivity index is 0.000000440. The van der Waals surface area contributed by atoms with Crippen LogP contribution in [0.5, 0.6) is 0 Å². The van der Waals surface area contributed by atoms with Crippen LogP contribution >= 0.6 is 0 Å². The van der Waals surface area contributed by atoms with Crippen molar-refractivity contribution in [2.45, 2.75) is 32.1 Å². The summed E-state index contributed by atoms with van der Waals surface area (Å²) in [5, 5.41) is 1.48. The fourth-order valence-electron chi connectivity index (χ4n) is 2.81. The molecular weight excluding hydrogens is 596 g/mol. The standard InChI is InChI=1S/C23H24IOSi.CHF3O3S/c1-17-10-12-18(13-11-17)23(25)19-14-15-22(26(2,3)4)21(16-19)24-20-8-6-5-7-9-20;2-1(3,4)8(5,6)7/h5-16H,1-4H3;(H,5,6,7)/q+1;/p-1.